The van der Waals surface area contributed by atoms with Crippen molar-refractivity contribution in [3.63, 3.8) is 0 Å². The van der Waals surface area contributed by atoms with Crippen molar-refractivity contribution >= 4 is 17.9 Å². The monoisotopic (exact) mass is 661 g/mol. The fourth-order valence-electron chi connectivity index (χ4n) is 13.2. The van der Waals surface area contributed by atoms with E-state index in [1.165, 1.54) is 19.4 Å². The third-order valence-corrected chi connectivity index (χ3v) is 15.5. The molecule has 0 spiro atoms. The Balaban J connectivity index is 1.29. The van der Waals surface area contributed by atoms with Crippen LogP contribution in [0.1, 0.15) is 111 Å². The van der Waals surface area contributed by atoms with Crippen molar-refractivity contribution in [2.45, 2.75) is 118 Å². The lowest BCUT2D eigenvalue weighted by Crippen LogP contribution is -2.68. The predicted octanol–water partition coefficient (Wildman–Crippen LogP) is 7.97. The summed E-state index contributed by atoms with van der Waals surface area (Å²) in [7, 11) is 0. The molecule has 0 bridgehead atoms. The molecular formula is C41H59NO6. The minimum absolute atomic E-state index is 0.00606. The van der Waals surface area contributed by atoms with Crippen LogP contribution in [0.3, 0.4) is 0 Å². The zero-order valence-corrected chi connectivity index (χ0v) is 30.2. The van der Waals surface area contributed by atoms with Gasteiger partial charge in [0.05, 0.1) is 5.41 Å². The number of hydrogen-bond donors (Lipinski definition) is 2. The normalized spacial score (nSPS) is 43.1. The molecule has 264 valence electrons. The maximum absolute atomic E-state index is 13.3. The summed E-state index contributed by atoms with van der Waals surface area (Å²) < 4.78 is 11.7. The number of benzene rings is 1. The molecule has 48 heavy (non-hydrogen) atoms. The molecule has 2 N–H and O–H groups in total. The summed E-state index contributed by atoms with van der Waals surface area (Å²) in [5.74, 6) is 0.139. The molecule has 0 radical (unpaired) electrons. The second kappa shape index (κ2) is 12.6. The van der Waals surface area contributed by atoms with Crippen LogP contribution >= 0.6 is 0 Å². The second-order valence-corrected chi connectivity index (χ2v) is 17.5. The number of carboxylic acids is 1. The van der Waals surface area contributed by atoms with Gasteiger partial charge in [-0.1, -0.05) is 70.2 Å². The van der Waals surface area contributed by atoms with Gasteiger partial charge in [-0.3, -0.25) is 14.4 Å². The topological polar surface area (TPSA) is 102 Å². The van der Waals surface area contributed by atoms with E-state index in [9.17, 15) is 19.5 Å². The highest BCUT2D eigenvalue weighted by atomic mass is 16.6. The van der Waals surface area contributed by atoms with Crippen LogP contribution in [-0.4, -0.2) is 42.3 Å². The predicted molar refractivity (Wildman–Crippen MR) is 186 cm³/mol. The van der Waals surface area contributed by atoms with Crippen LogP contribution in [0, 0.1) is 56.7 Å². The molecule has 0 saturated heterocycles. The molecular weight excluding hydrogens is 602 g/mol. The molecule has 0 aromatic heterocycles. The molecule has 7 nitrogen and oxygen atoms in total. The van der Waals surface area contributed by atoms with Crippen LogP contribution in [0.15, 0.2) is 42.5 Å². The van der Waals surface area contributed by atoms with Crippen LogP contribution < -0.4 is 5.32 Å². The van der Waals surface area contributed by atoms with E-state index in [4.69, 9.17) is 9.47 Å². The molecule has 0 amide bonds. The Kier molecular flexibility index (Phi) is 9.22. The van der Waals surface area contributed by atoms with E-state index in [0.717, 1.165) is 76.3 Å². The van der Waals surface area contributed by atoms with Crippen molar-refractivity contribution in [3.05, 3.63) is 48.0 Å². The molecule has 5 fully saturated rings. The van der Waals surface area contributed by atoms with Gasteiger partial charge in [-0.05, 0) is 116 Å². The van der Waals surface area contributed by atoms with Gasteiger partial charge in [-0.25, -0.2) is 0 Å². The fourth-order valence-corrected chi connectivity index (χ4v) is 13.2. The largest absolute Gasteiger partial charge is 0.481 e. The van der Waals surface area contributed by atoms with Gasteiger partial charge in [0.15, 0.2) is 0 Å². The number of carbonyl (C=O) groups is 3. The third-order valence-electron chi connectivity index (χ3n) is 15.5. The van der Waals surface area contributed by atoms with Crippen molar-refractivity contribution < 1.29 is 29.0 Å². The Morgan fingerprint density at radius 3 is 2.25 bits per heavy atom. The molecule has 5 aliphatic rings. The highest BCUT2D eigenvalue weighted by Crippen LogP contribution is 2.77. The minimum atomic E-state index is -0.674. The number of fused-ring (bicyclic) bond motifs is 7. The molecule has 5 aliphatic carbocycles. The van der Waals surface area contributed by atoms with Gasteiger partial charge in [0.25, 0.3) is 0 Å². The first-order valence-electron chi connectivity index (χ1n) is 18.6. The minimum Gasteiger partial charge on any atom is -0.481 e. The van der Waals surface area contributed by atoms with E-state index < -0.39 is 16.8 Å². The average molecular weight is 662 g/mol. The Morgan fingerprint density at radius 1 is 0.854 bits per heavy atom. The molecule has 1 aromatic rings. The first kappa shape index (κ1) is 35.2. The van der Waals surface area contributed by atoms with Crippen LogP contribution in [0.5, 0.6) is 0 Å². The van der Waals surface area contributed by atoms with Crippen LogP contribution in [0.2, 0.25) is 0 Å². The van der Waals surface area contributed by atoms with Gasteiger partial charge in [-0.15, -0.1) is 0 Å². The van der Waals surface area contributed by atoms with Crippen molar-refractivity contribution in [2.75, 3.05) is 13.2 Å². The van der Waals surface area contributed by atoms with Gasteiger partial charge in [0.1, 0.15) is 12.7 Å². The summed E-state index contributed by atoms with van der Waals surface area (Å²) >= 11 is 0. The molecule has 5 saturated carbocycles. The number of hydrogen-bond acceptors (Lipinski definition) is 6. The quantitative estimate of drug-likeness (QED) is 0.204. The van der Waals surface area contributed by atoms with Gasteiger partial charge in [-0.2, -0.15) is 0 Å². The average Bonchev–Trinajstić information content (AvgIpc) is 3.44. The molecule has 1 aromatic carbocycles. The summed E-state index contributed by atoms with van der Waals surface area (Å²) in [5, 5.41) is 14.5. The lowest BCUT2D eigenvalue weighted by Gasteiger charge is -2.72. The molecule has 6 rings (SSSR count). The Bertz CT molecular complexity index is 1430. The summed E-state index contributed by atoms with van der Waals surface area (Å²) in [6.45, 7) is 19.0. The van der Waals surface area contributed by atoms with E-state index in [-0.39, 0.29) is 58.6 Å². The Labute approximate surface area is 288 Å². The lowest BCUT2D eigenvalue weighted by atomic mass is 9.32. The summed E-state index contributed by atoms with van der Waals surface area (Å²) in [6.07, 6.45) is 8.92. The number of esters is 2. The molecule has 0 aliphatic heterocycles. The highest BCUT2D eigenvalue weighted by molar-refractivity contribution is 5.76. The fraction of sp³-hybridized carbons (Fsp3) is 0.732. The van der Waals surface area contributed by atoms with Crippen LogP contribution in [0.25, 0.3) is 0 Å². The first-order chi connectivity index (χ1) is 22.6. The zero-order valence-electron chi connectivity index (χ0n) is 30.2. The lowest BCUT2D eigenvalue weighted by molar-refractivity contribution is -0.257. The summed E-state index contributed by atoms with van der Waals surface area (Å²) in [6, 6.07) is 10.4. The SMILES string of the molecule is C=C(CNCc1ccccc1)[C@@H]1CC[C@]2(C(=O)O)CC[C@]3(C)C(CCC4[C@@]5(C)CC[C@H](OC(C)=O)[C@@](C)(COC(C)=O)C5CC[C@]43C)C12. The first-order valence-corrected chi connectivity index (χ1v) is 18.6. The molecule has 4 unspecified atom stereocenters. The molecule has 0 heterocycles. The van der Waals surface area contributed by atoms with Crippen molar-refractivity contribution in [3.8, 4) is 0 Å². The maximum atomic E-state index is 13.3. The van der Waals surface area contributed by atoms with Gasteiger partial charge in [0, 0.05) is 32.4 Å². The Morgan fingerprint density at radius 2 is 1.58 bits per heavy atom. The number of aliphatic carboxylic acids is 1. The molecule has 7 heteroatoms. The van der Waals surface area contributed by atoms with E-state index in [2.05, 4.69) is 63.9 Å². The van der Waals surface area contributed by atoms with Crippen molar-refractivity contribution in [2.24, 2.45) is 56.7 Å². The number of ether oxygens (including phenoxy) is 2. The van der Waals surface area contributed by atoms with Gasteiger partial charge < -0.3 is 19.9 Å². The van der Waals surface area contributed by atoms with E-state index in [1.54, 1.807) is 0 Å². The van der Waals surface area contributed by atoms with E-state index in [1.807, 2.05) is 6.07 Å². The third kappa shape index (κ3) is 5.36. The summed E-state index contributed by atoms with van der Waals surface area (Å²) in [4.78, 5) is 37.6. The second-order valence-electron chi connectivity index (χ2n) is 17.5. The smallest absolute Gasteiger partial charge is 0.309 e. The van der Waals surface area contributed by atoms with Crippen molar-refractivity contribution in [1.29, 1.82) is 0 Å². The highest BCUT2D eigenvalue weighted by Gasteiger charge is 2.72. The van der Waals surface area contributed by atoms with E-state index >= 15 is 0 Å². The zero-order chi connectivity index (χ0) is 34.7. The van der Waals surface area contributed by atoms with Gasteiger partial charge in [0.2, 0.25) is 0 Å². The van der Waals surface area contributed by atoms with Crippen LogP contribution in [0.4, 0.5) is 0 Å². The Hall–Kier alpha value is -2.67. The standard InChI is InChI=1S/C41H59NO6/c1-26(23-42-24-29-11-9-8-10-12-29)30-15-20-41(36(45)46)22-21-39(6)31(35(30)41)13-14-33-37(4)18-17-34(48-28(3)44)38(5,25-47-27(2)43)32(37)16-19-40(33,39)7/h8-12,30-35,42H,1,13-25H2,2-7H3,(H,45,46)/t30-,31?,32?,33?,34-,35?,37-,38-,39+,40+,41-/m0/s1. The maximum Gasteiger partial charge on any atom is 0.309 e. The van der Waals surface area contributed by atoms with Gasteiger partial charge >= 0.3 is 17.9 Å². The number of rotatable bonds is 9. The number of carbonyl (C=O) groups excluding carboxylic acids is 2. The number of nitrogens with one attached hydrogen (secondary N) is 1. The van der Waals surface area contributed by atoms with E-state index in [0.29, 0.717) is 18.4 Å². The number of carboxylic acid groups (broad SMARTS) is 1. The van der Waals surface area contributed by atoms with Crippen LogP contribution in [-0.2, 0) is 30.4 Å². The molecule has 11 atom stereocenters. The van der Waals surface area contributed by atoms with Crippen molar-refractivity contribution in [1.82, 2.24) is 5.32 Å². The summed E-state index contributed by atoms with van der Waals surface area (Å²) in [5.41, 5.74) is 1.31.